The number of carbonyl (C=O) groups is 3. The number of hydrogen-bond acceptors (Lipinski definition) is 3. The molecule has 1 aliphatic heterocycles. The van der Waals surface area contributed by atoms with E-state index in [0.717, 1.165) is 27.2 Å². The topological polar surface area (TPSA) is 66.5 Å². The van der Waals surface area contributed by atoms with Crippen molar-refractivity contribution in [2.24, 2.45) is 0 Å². The van der Waals surface area contributed by atoms with Crippen LogP contribution in [0.15, 0.2) is 66.2 Å². The Morgan fingerprint density at radius 1 is 0.848 bits per heavy atom. The number of barbiturate groups is 1. The van der Waals surface area contributed by atoms with Gasteiger partial charge in [-0.25, -0.2) is 9.69 Å². The molecule has 1 saturated heterocycles. The minimum absolute atomic E-state index is 0.159. The zero-order valence-electron chi connectivity index (χ0n) is 18.0. The number of urea groups is 1. The van der Waals surface area contributed by atoms with E-state index in [1.807, 2.05) is 19.9 Å². The summed E-state index contributed by atoms with van der Waals surface area (Å²) in [5, 5.41) is 3.17. The van der Waals surface area contributed by atoms with E-state index in [0.29, 0.717) is 27.7 Å². The summed E-state index contributed by atoms with van der Waals surface area (Å²) in [6.07, 6.45) is 2.07. The van der Waals surface area contributed by atoms with Crippen LogP contribution in [0.25, 0.3) is 6.08 Å². The lowest BCUT2D eigenvalue weighted by Gasteiger charge is -2.26. The molecule has 0 aliphatic carbocycles. The van der Waals surface area contributed by atoms with Crippen molar-refractivity contribution < 1.29 is 14.4 Å². The molecular weight excluding hydrogens is 459 g/mol. The molecule has 0 atom stereocenters. The number of aryl methyl sites for hydroxylation is 2. The first-order valence-corrected chi connectivity index (χ1v) is 11.0. The fourth-order valence-corrected chi connectivity index (χ4v) is 4.20. The van der Waals surface area contributed by atoms with Crippen LogP contribution in [-0.2, 0) is 16.0 Å². The van der Waals surface area contributed by atoms with E-state index in [1.54, 1.807) is 24.3 Å². The number of hydrogen-bond donors (Lipinski definition) is 1. The van der Waals surface area contributed by atoms with Gasteiger partial charge in [0, 0.05) is 10.0 Å². The van der Waals surface area contributed by atoms with Crippen molar-refractivity contribution in [1.29, 1.82) is 0 Å². The number of anilines is 1. The van der Waals surface area contributed by atoms with Crippen LogP contribution in [0.5, 0.6) is 0 Å². The van der Waals surface area contributed by atoms with E-state index in [4.69, 9.17) is 23.2 Å². The summed E-state index contributed by atoms with van der Waals surface area (Å²) in [6, 6.07) is 17.0. The van der Waals surface area contributed by atoms with E-state index < -0.39 is 17.8 Å². The van der Waals surface area contributed by atoms with Gasteiger partial charge in [-0.15, -0.1) is 0 Å². The molecule has 166 valence electrons. The molecule has 1 N–H and O–H groups in total. The zero-order chi connectivity index (χ0) is 23.7. The van der Waals surface area contributed by atoms with Crippen LogP contribution in [0.2, 0.25) is 10.0 Å². The van der Waals surface area contributed by atoms with E-state index >= 15 is 0 Å². The standard InChI is InChI=1S/C26H20Cl2N2O3/c1-15-9-16(2)11-17(10-15)12-18-3-4-21(28)13-19(18)14-23-24(31)29-26(33)30(25(23)32)22-7-5-20(27)6-8-22/h3-11,13-14H,12H2,1-2H3,(H,29,31,33)/b23-14+. The molecule has 1 heterocycles. The number of imide groups is 2. The maximum Gasteiger partial charge on any atom is 0.335 e. The maximum absolute atomic E-state index is 13.2. The van der Waals surface area contributed by atoms with Crippen LogP contribution in [0.4, 0.5) is 10.5 Å². The van der Waals surface area contributed by atoms with Gasteiger partial charge in [0.2, 0.25) is 0 Å². The average Bonchev–Trinajstić information content (AvgIpc) is 2.73. The Morgan fingerprint density at radius 2 is 1.48 bits per heavy atom. The first-order valence-electron chi connectivity index (χ1n) is 10.2. The molecule has 0 bridgehead atoms. The van der Waals surface area contributed by atoms with Gasteiger partial charge in [-0.05, 0) is 79.4 Å². The summed E-state index contributed by atoms with van der Waals surface area (Å²) in [5.74, 6) is -1.48. The lowest BCUT2D eigenvalue weighted by molar-refractivity contribution is -0.122. The van der Waals surface area contributed by atoms with Crippen molar-refractivity contribution in [3.05, 3.63) is 104 Å². The van der Waals surface area contributed by atoms with E-state index in [9.17, 15) is 14.4 Å². The van der Waals surface area contributed by atoms with Crippen LogP contribution in [0.3, 0.4) is 0 Å². The summed E-state index contributed by atoms with van der Waals surface area (Å²) in [5.41, 5.74) is 5.08. The van der Waals surface area contributed by atoms with Gasteiger partial charge in [-0.3, -0.25) is 14.9 Å². The molecule has 3 aromatic carbocycles. The summed E-state index contributed by atoms with van der Waals surface area (Å²) in [7, 11) is 0. The van der Waals surface area contributed by atoms with E-state index in [1.165, 1.54) is 18.2 Å². The second-order valence-electron chi connectivity index (χ2n) is 7.95. The summed E-state index contributed by atoms with van der Waals surface area (Å²) in [6.45, 7) is 4.07. The molecule has 5 nitrogen and oxygen atoms in total. The van der Waals surface area contributed by atoms with Crippen LogP contribution in [-0.4, -0.2) is 17.8 Å². The molecule has 7 heteroatoms. The Balaban J connectivity index is 1.74. The lowest BCUT2D eigenvalue weighted by Crippen LogP contribution is -2.54. The van der Waals surface area contributed by atoms with E-state index in [-0.39, 0.29) is 5.57 Å². The van der Waals surface area contributed by atoms with Gasteiger partial charge < -0.3 is 0 Å². The number of amides is 4. The SMILES string of the molecule is Cc1cc(C)cc(Cc2ccc(Cl)cc2/C=C2\C(=O)NC(=O)N(c3ccc(Cl)cc3)C2=O)c1. The largest absolute Gasteiger partial charge is 0.335 e. The molecule has 33 heavy (non-hydrogen) atoms. The molecule has 0 spiro atoms. The number of benzene rings is 3. The number of carbonyl (C=O) groups excluding carboxylic acids is 3. The van der Waals surface area contributed by atoms with Crippen molar-refractivity contribution in [2.75, 3.05) is 4.90 Å². The zero-order valence-corrected chi connectivity index (χ0v) is 19.5. The first-order chi connectivity index (χ1) is 15.7. The van der Waals surface area contributed by atoms with Gasteiger partial charge in [0.25, 0.3) is 11.8 Å². The molecule has 4 rings (SSSR count). The monoisotopic (exact) mass is 478 g/mol. The highest BCUT2D eigenvalue weighted by Gasteiger charge is 2.36. The first kappa shape index (κ1) is 22.8. The van der Waals surface area contributed by atoms with Crippen LogP contribution in [0.1, 0.15) is 27.8 Å². The molecular formula is C26H20Cl2N2O3. The minimum atomic E-state index is -0.814. The van der Waals surface area contributed by atoms with E-state index in [2.05, 4.69) is 23.5 Å². The number of nitrogens with zero attached hydrogens (tertiary/aromatic N) is 1. The summed E-state index contributed by atoms with van der Waals surface area (Å²) in [4.78, 5) is 39.1. The van der Waals surface area contributed by atoms with Crippen LogP contribution < -0.4 is 10.2 Å². The fraction of sp³-hybridized carbons (Fsp3) is 0.115. The Morgan fingerprint density at radius 3 is 2.15 bits per heavy atom. The molecule has 0 radical (unpaired) electrons. The highest BCUT2D eigenvalue weighted by Crippen LogP contribution is 2.26. The molecule has 3 aromatic rings. The second kappa shape index (κ2) is 9.22. The molecule has 4 amide bonds. The maximum atomic E-state index is 13.2. The number of rotatable bonds is 4. The Labute approximate surface area is 201 Å². The predicted octanol–water partition coefficient (Wildman–Crippen LogP) is 5.87. The molecule has 0 unspecified atom stereocenters. The van der Waals surface area contributed by atoms with Crippen molar-refractivity contribution in [1.82, 2.24) is 5.32 Å². The quantitative estimate of drug-likeness (QED) is 0.376. The third kappa shape index (κ3) is 5.00. The number of halogens is 2. The fourth-order valence-electron chi connectivity index (χ4n) is 3.89. The van der Waals surface area contributed by atoms with Gasteiger partial charge in [-0.1, -0.05) is 58.6 Å². The Bertz CT molecular complexity index is 1290. The smallest absolute Gasteiger partial charge is 0.273 e. The van der Waals surface area contributed by atoms with Gasteiger partial charge in [0.05, 0.1) is 5.69 Å². The molecule has 0 aromatic heterocycles. The third-order valence-electron chi connectivity index (χ3n) is 5.27. The van der Waals surface area contributed by atoms with Gasteiger partial charge in [0.15, 0.2) is 0 Å². The van der Waals surface area contributed by atoms with Gasteiger partial charge in [0.1, 0.15) is 5.57 Å². The average molecular weight is 479 g/mol. The van der Waals surface area contributed by atoms with Gasteiger partial charge in [-0.2, -0.15) is 0 Å². The van der Waals surface area contributed by atoms with Crippen molar-refractivity contribution >= 4 is 52.8 Å². The van der Waals surface area contributed by atoms with Crippen molar-refractivity contribution in [2.45, 2.75) is 20.3 Å². The highest BCUT2D eigenvalue weighted by molar-refractivity contribution is 6.39. The van der Waals surface area contributed by atoms with Gasteiger partial charge >= 0.3 is 6.03 Å². The molecule has 1 aliphatic rings. The molecule has 0 saturated carbocycles. The van der Waals surface area contributed by atoms with Crippen LogP contribution >= 0.6 is 23.2 Å². The van der Waals surface area contributed by atoms with Crippen molar-refractivity contribution in [3.63, 3.8) is 0 Å². The van der Waals surface area contributed by atoms with Crippen LogP contribution in [0, 0.1) is 13.8 Å². The summed E-state index contributed by atoms with van der Waals surface area (Å²) < 4.78 is 0. The molecule has 1 fully saturated rings. The lowest BCUT2D eigenvalue weighted by atomic mass is 9.95. The normalized spacial score (nSPS) is 15.2. The third-order valence-corrected chi connectivity index (χ3v) is 5.76. The Kier molecular flexibility index (Phi) is 6.36. The van der Waals surface area contributed by atoms with Crippen molar-refractivity contribution in [3.8, 4) is 0 Å². The summed E-state index contributed by atoms with van der Waals surface area (Å²) >= 11 is 12.2. The minimum Gasteiger partial charge on any atom is -0.273 e. The predicted molar refractivity (Wildman–Crippen MR) is 131 cm³/mol. The number of nitrogens with one attached hydrogen (secondary N) is 1. The highest BCUT2D eigenvalue weighted by atomic mass is 35.5. The second-order valence-corrected chi connectivity index (χ2v) is 8.82. The Hall–Kier alpha value is -3.41.